The van der Waals surface area contributed by atoms with Crippen molar-refractivity contribution in [1.82, 2.24) is 14.1 Å². The molecule has 1 aromatic carbocycles. The predicted molar refractivity (Wildman–Crippen MR) is 75.3 cm³/mol. The summed E-state index contributed by atoms with van der Waals surface area (Å²) in [6, 6.07) is 6.09. The summed E-state index contributed by atoms with van der Waals surface area (Å²) in [6.07, 6.45) is 2.72. The number of benzene rings is 1. The van der Waals surface area contributed by atoms with Crippen LogP contribution in [-0.4, -0.2) is 40.6 Å². The molecular weight excluding hydrogens is 294 g/mol. The highest BCUT2D eigenvalue weighted by Gasteiger charge is 2.22. The van der Waals surface area contributed by atoms with Crippen LogP contribution in [0.5, 0.6) is 0 Å². The summed E-state index contributed by atoms with van der Waals surface area (Å²) in [7, 11) is -0.501. The van der Waals surface area contributed by atoms with Crippen LogP contribution >= 0.6 is 0 Å². The Kier molecular flexibility index (Phi) is 4.10. The molecule has 2 rings (SSSR count). The van der Waals surface area contributed by atoms with Crippen LogP contribution in [0.4, 0.5) is 0 Å². The molecule has 1 N–H and O–H groups in total. The van der Waals surface area contributed by atoms with Gasteiger partial charge in [0.1, 0.15) is 4.90 Å². The van der Waals surface area contributed by atoms with E-state index in [1.54, 1.807) is 19.2 Å². The van der Waals surface area contributed by atoms with Gasteiger partial charge in [-0.05, 0) is 17.7 Å². The van der Waals surface area contributed by atoms with Crippen LogP contribution in [0.3, 0.4) is 0 Å². The van der Waals surface area contributed by atoms with E-state index in [2.05, 4.69) is 5.10 Å². The molecule has 0 saturated carbocycles. The van der Waals surface area contributed by atoms with Crippen LogP contribution in [0.15, 0.2) is 41.6 Å². The van der Waals surface area contributed by atoms with Crippen LogP contribution in [-0.2, 0) is 23.6 Å². The van der Waals surface area contributed by atoms with E-state index in [9.17, 15) is 13.2 Å². The quantitative estimate of drug-likeness (QED) is 0.887. The van der Waals surface area contributed by atoms with Crippen molar-refractivity contribution in [3.8, 4) is 0 Å². The van der Waals surface area contributed by atoms with Crippen molar-refractivity contribution >= 4 is 16.0 Å². The van der Waals surface area contributed by atoms with Crippen molar-refractivity contribution in [2.45, 2.75) is 11.4 Å². The van der Waals surface area contributed by atoms with Crippen molar-refractivity contribution in [2.75, 3.05) is 7.05 Å². The molecule has 0 spiro atoms. The van der Waals surface area contributed by atoms with E-state index in [4.69, 9.17) is 5.11 Å². The minimum absolute atomic E-state index is 0.120. The van der Waals surface area contributed by atoms with E-state index in [0.29, 0.717) is 5.56 Å². The number of aromatic nitrogens is 2. The Morgan fingerprint density at radius 2 is 1.95 bits per heavy atom. The summed E-state index contributed by atoms with van der Waals surface area (Å²) in [4.78, 5) is 10.9. The van der Waals surface area contributed by atoms with Gasteiger partial charge in [-0.2, -0.15) is 9.40 Å². The molecule has 0 bridgehead atoms. The Balaban J connectivity index is 2.17. The molecule has 0 radical (unpaired) electrons. The third-order valence-electron chi connectivity index (χ3n) is 3.00. The number of aryl methyl sites for hydroxylation is 1. The van der Waals surface area contributed by atoms with Gasteiger partial charge in [0.2, 0.25) is 10.0 Å². The molecule has 1 heterocycles. The highest BCUT2D eigenvalue weighted by molar-refractivity contribution is 7.89. The fraction of sp³-hybridized carbons (Fsp3) is 0.231. The fourth-order valence-electron chi connectivity index (χ4n) is 1.81. The lowest BCUT2D eigenvalue weighted by Gasteiger charge is -2.16. The molecule has 0 atom stereocenters. The second-order valence-corrected chi connectivity index (χ2v) is 6.66. The van der Waals surface area contributed by atoms with Gasteiger partial charge in [-0.3, -0.25) is 4.68 Å². The Labute approximate surface area is 122 Å². The van der Waals surface area contributed by atoms with Crippen LogP contribution in [0.2, 0.25) is 0 Å². The molecule has 0 aliphatic carbocycles. The van der Waals surface area contributed by atoms with E-state index in [1.807, 2.05) is 0 Å². The van der Waals surface area contributed by atoms with Crippen LogP contribution in [0, 0.1) is 0 Å². The summed E-state index contributed by atoms with van der Waals surface area (Å²) in [5.74, 6) is -1.02. The molecule has 112 valence electrons. The highest BCUT2D eigenvalue weighted by Crippen LogP contribution is 2.16. The minimum atomic E-state index is -3.61. The number of hydrogen-bond donors (Lipinski definition) is 1. The van der Waals surface area contributed by atoms with Crippen LogP contribution in [0.1, 0.15) is 15.9 Å². The van der Waals surface area contributed by atoms with Crippen molar-refractivity contribution < 1.29 is 18.3 Å². The molecule has 0 amide bonds. The SMILES string of the molecule is CN(Cc1ccc(C(=O)O)cc1)S(=O)(=O)c1cnn(C)c1. The lowest BCUT2D eigenvalue weighted by Crippen LogP contribution is -2.26. The first kappa shape index (κ1) is 15.2. The van der Waals surface area contributed by atoms with Crippen molar-refractivity contribution in [2.24, 2.45) is 7.05 Å². The molecule has 2 aromatic rings. The molecule has 0 aliphatic rings. The lowest BCUT2D eigenvalue weighted by molar-refractivity contribution is 0.0697. The van der Waals surface area contributed by atoms with Crippen LogP contribution < -0.4 is 0 Å². The smallest absolute Gasteiger partial charge is 0.335 e. The first-order valence-electron chi connectivity index (χ1n) is 6.08. The number of nitrogens with zero attached hydrogens (tertiary/aromatic N) is 3. The Morgan fingerprint density at radius 3 is 2.43 bits per heavy atom. The number of sulfonamides is 1. The van der Waals surface area contributed by atoms with E-state index in [0.717, 1.165) is 0 Å². The number of hydrogen-bond acceptors (Lipinski definition) is 4. The molecule has 0 aliphatic heterocycles. The van der Waals surface area contributed by atoms with Crippen molar-refractivity contribution in [3.63, 3.8) is 0 Å². The molecule has 0 fully saturated rings. The molecule has 21 heavy (non-hydrogen) atoms. The molecule has 8 heteroatoms. The Bertz CT molecular complexity index is 750. The van der Waals surface area contributed by atoms with Gasteiger partial charge >= 0.3 is 5.97 Å². The molecule has 1 aromatic heterocycles. The lowest BCUT2D eigenvalue weighted by atomic mass is 10.1. The van der Waals surface area contributed by atoms with Gasteiger partial charge < -0.3 is 5.11 Å². The predicted octanol–water partition coefficient (Wildman–Crippen LogP) is 0.939. The number of carboxylic acid groups (broad SMARTS) is 1. The largest absolute Gasteiger partial charge is 0.478 e. The molecule has 7 nitrogen and oxygen atoms in total. The van der Waals surface area contributed by atoms with Gasteiger partial charge in [-0.1, -0.05) is 12.1 Å². The average Bonchev–Trinajstić information content (AvgIpc) is 2.86. The van der Waals surface area contributed by atoms with Crippen molar-refractivity contribution in [3.05, 3.63) is 47.8 Å². The van der Waals surface area contributed by atoms with Crippen molar-refractivity contribution in [1.29, 1.82) is 0 Å². The molecule has 0 saturated heterocycles. The zero-order chi connectivity index (χ0) is 15.6. The Morgan fingerprint density at radius 1 is 1.33 bits per heavy atom. The van der Waals surface area contributed by atoms with Gasteiger partial charge in [-0.25, -0.2) is 13.2 Å². The first-order valence-corrected chi connectivity index (χ1v) is 7.52. The summed E-state index contributed by atoms with van der Waals surface area (Å²) in [6.45, 7) is 0.150. The monoisotopic (exact) mass is 309 g/mol. The van der Waals surface area contributed by atoms with E-state index in [1.165, 1.54) is 40.6 Å². The fourth-order valence-corrected chi connectivity index (χ4v) is 2.95. The standard InChI is InChI=1S/C13H15N3O4S/c1-15-9-12(7-14-15)21(19,20)16(2)8-10-3-5-11(6-4-10)13(17)18/h3-7,9H,8H2,1-2H3,(H,17,18). The number of aromatic carboxylic acids is 1. The maximum absolute atomic E-state index is 12.3. The van der Waals surface area contributed by atoms with Gasteiger partial charge in [0.15, 0.2) is 0 Å². The summed E-state index contributed by atoms with van der Waals surface area (Å²) in [5, 5.41) is 12.7. The Hall–Kier alpha value is -2.19. The number of rotatable bonds is 5. The first-order chi connectivity index (χ1) is 9.80. The normalized spacial score (nSPS) is 11.8. The summed E-state index contributed by atoms with van der Waals surface area (Å²) in [5.41, 5.74) is 0.867. The number of carboxylic acids is 1. The maximum Gasteiger partial charge on any atom is 0.335 e. The van der Waals surface area contributed by atoms with Crippen LogP contribution in [0.25, 0.3) is 0 Å². The summed E-state index contributed by atoms with van der Waals surface area (Å²) < 4.78 is 27.2. The van der Waals surface area contributed by atoms with Gasteiger partial charge in [0.25, 0.3) is 0 Å². The van der Waals surface area contributed by atoms with E-state index < -0.39 is 16.0 Å². The average molecular weight is 309 g/mol. The van der Waals surface area contributed by atoms with E-state index in [-0.39, 0.29) is 17.0 Å². The highest BCUT2D eigenvalue weighted by atomic mass is 32.2. The van der Waals surface area contributed by atoms with E-state index >= 15 is 0 Å². The second-order valence-electron chi connectivity index (χ2n) is 4.61. The zero-order valence-electron chi connectivity index (χ0n) is 11.6. The number of carbonyl (C=O) groups is 1. The topological polar surface area (TPSA) is 92.5 Å². The third-order valence-corrected chi connectivity index (χ3v) is 4.75. The molecule has 0 unspecified atom stereocenters. The minimum Gasteiger partial charge on any atom is -0.478 e. The van der Waals surface area contributed by atoms with Gasteiger partial charge in [-0.15, -0.1) is 0 Å². The zero-order valence-corrected chi connectivity index (χ0v) is 12.4. The third kappa shape index (κ3) is 3.29. The molecular formula is C13H15N3O4S. The van der Waals surface area contributed by atoms with Gasteiger partial charge in [0.05, 0.1) is 11.8 Å². The van der Waals surface area contributed by atoms with Gasteiger partial charge in [0, 0.05) is 26.8 Å². The maximum atomic E-state index is 12.3. The second kappa shape index (κ2) is 5.66. The summed E-state index contributed by atoms with van der Waals surface area (Å²) >= 11 is 0.